The molecule has 42 heavy (non-hydrogen) atoms. The van der Waals surface area contributed by atoms with Crippen molar-refractivity contribution in [3.63, 3.8) is 0 Å². The molecule has 4 atom stereocenters. The van der Waals surface area contributed by atoms with Crippen LogP contribution in [0.25, 0.3) is 11.8 Å². The molecule has 4 aromatic rings. The molecular formula is C28H26F4N6O2S2. The Morgan fingerprint density at radius 2 is 1.95 bits per heavy atom. The number of carbonyl (C=O) groups is 1. The fourth-order valence-electron chi connectivity index (χ4n) is 6.01. The highest BCUT2D eigenvalue weighted by Crippen LogP contribution is 2.53. The normalized spacial score (nSPS) is 22.5. The number of alkyl halides is 3. The highest BCUT2D eigenvalue weighted by Gasteiger charge is 2.52. The van der Waals surface area contributed by atoms with Crippen molar-refractivity contribution in [2.75, 3.05) is 0 Å². The lowest BCUT2D eigenvalue weighted by Crippen LogP contribution is -2.45. The number of allylic oxidation sites excluding steroid dienone is 1. The fraction of sp³-hybridized carbons (Fsp3) is 0.357. The predicted octanol–water partition coefficient (Wildman–Crippen LogP) is 5.39. The maximum Gasteiger partial charge on any atom is 0.427 e. The molecule has 0 saturated heterocycles. The second-order valence-corrected chi connectivity index (χ2v) is 14.5. The summed E-state index contributed by atoms with van der Waals surface area (Å²) in [5.74, 6) is 2.82. The molecule has 3 aromatic heterocycles. The molecular weight excluding hydrogens is 592 g/mol. The zero-order chi connectivity index (χ0) is 30.0. The summed E-state index contributed by atoms with van der Waals surface area (Å²) in [4.78, 5) is 21.4. The van der Waals surface area contributed by atoms with Crippen LogP contribution in [0, 0.1) is 17.2 Å². The van der Waals surface area contributed by atoms with Gasteiger partial charge in [0.2, 0.25) is 10.9 Å². The molecule has 0 radical (unpaired) electrons. The van der Waals surface area contributed by atoms with E-state index < -0.39 is 37.0 Å². The zero-order valence-electron chi connectivity index (χ0n) is 22.6. The number of nitrogens with zero attached hydrogens (tertiary/aromatic N) is 6. The number of hydrogen-bond acceptors (Lipinski definition) is 7. The minimum atomic E-state index is -4.62. The molecule has 0 spiro atoms. The SMILES string of the molecule is C=S(=O)(c1ncn(C)n1)[C@@H](C)[C@H]1CCC2=Cc3c(cnn3-c3ccc(F)cc3)C[C@]2(C(=O)c2ncc(C(F)(F)F)s2)C1. The number of ketones is 1. The second-order valence-electron chi connectivity index (χ2n) is 10.9. The highest BCUT2D eigenvalue weighted by atomic mass is 32.2. The van der Waals surface area contributed by atoms with Crippen LogP contribution in [0.5, 0.6) is 0 Å². The van der Waals surface area contributed by atoms with E-state index in [1.54, 1.807) is 37.0 Å². The third kappa shape index (κ3) is 4.70. The number of aryl methyl sites for hydroxylation is 1. The number of carbonyl (C=O) groups excluding carboxylic acids is 1. The Hall–Kier alpha value is -3.65. The van der Waals surface area contributed by atoms with E-state index >= 15 is 0 Å². The Bertz CT molecular complexity index is 1820. The molecule has 2 aliphatic carbocycles. The van der Waals surface area contributed by atoms with Gasteiger partial charge in [-0.2, -0.15) is 18.3 Å². The van der Waals surface area contributed by atoms with E-state index in [-0.39, 0.29) is 34.7 Å². The molecule has 0 amide bonds. The van der Waals surface area contributed by atoms with E-state index in [0.29, 0.717) is 36.1 Å². The Balaban J connectivity index is 1.42. The van der Waals surface area contributed by atoms with Gasteiger partial charge in [-0.1, -0.05) is 12.5 Å². The lowest BCUT2D eigenvalue weighted by atomic mass is 9.59. The molecule has 0 aliphatic heterocycles. The maximum absolute atomic E-state index is 14.3. The largest absolute Gasteiger partial charge is 0.427 e. The van der Waals surface area contributed by atoms with Gasteiger partial charge >= 0.3 is 6.18 Å². The molecule has 14 heteroatoms. The van der Waals surface area contributed by atoms with Crippen molar-refractivity contribution in [3.05, 3.63) is 75.5 Å². The lowest BCUT2D eigenvalue weighted by Gasteiger charge is -2.45. The summed E-state index contributed by atoms with van der Waals surface area (Å²) in [7, 11) is -1.30. The molecule has 1 fully saturated rings. The monoisotopic (exact) mass is 618 g/mol. The topological polar surface area (TPSA) is 95.6 Å². The molecule has 1 aromatic carbocycles. The molecule has 2 aliphatic rings. The van der Waals surface area contributed by atoms with Crippen LogP contribution in [0.1, 0.15) is 52.1 Å². The van der Waals surface area contributed by atoms with E-state index in [1.165, 1.54) is 23.1 Å². The second kappa shape index (κ2) is 9.97. The molecule has 6 rings (SSSR count). The van der Waals surface area contributed by atoms with Crippen LogP contribution >= 0.6 is 11.3 Å². The van der Waals surface area contributed by atoms with Crippen molar-refractivity contribution >= 4 is 38.6 Å². The van der Waals surface area contributed by atoms with E-state index in [9.17, 15) is 26.6 Å². The molecule has 3 heterocycles. The summed E-state index contributed by atoms with van der Waals surface area (Å²) in [6.45, 7) is 1.80. The first-order valence-electron chi connectivity index (χ1n) is 13.1. The molecule has 8 nitrogen and oxygen atoms in total. The molecule has 0 bridgehead atoms. The van der Waals surface area contributed by atoms with Crippen molar-refractivity contribution in [3.8, 4) is 5.69 Å². The molecule has 1 saturated carbocycles. The van der Waals surface area contributed by atoms with Gasteiger partial charge in [-0.25, -0.2) is 19.0 Å². The first-order valence-corrected chi connectivity index (χ1v) is 15.7. The molecule has 1 unspecified atom stereocenters. The van der Waals surface area contributed by atoms with Gasteiger partial charge in [0.15, 0.2) is 5.01 Å². The maximum atomic E-state index is 14.3. The van der Waals surface area contributed by atoms with Crippen LogP contribution in [0.2, 0.25) is 0 Å². The summed E-state index contributed by atoms with van der Waals surface area (Å²) < 4.78 is 70.9. The van der Waals surface area contributed by atoms with Crippen molar-refractivity contribution in [2.24, 2.45) is 18.4 Å². The van der Waals surface area contributed by atoms with Gasteiger partial charge in [0.25, 0.3) is 0 Å². The number of Topliss-reactive ketones (excluding diaryl/α,β-unsaturated/α-hetero) is 1. The van der Waals surface area contributed by atoms with Gasteiger partial charge in [0.1, 0.15) is 17.0 Å². The number of aromatic nitrogens is 6. The number of hydrogen-bond donors (Lipinski definition) is 0. The van der Waals surface area contributed by atoms with Gasteiger partial charge in [0.05, 0.1) is 29.2 Å². The number of rotatable bonds is 6. The smallest absolute Gasteiger partial charge is 0.290 e. The van der Waals surface area contributed by atoms with Gasteiger partial charge in [-0.3, -0.25) is 13.7 Å². The number of halogens is 4. The summed E-state index contributed by atoms with van der Waals surface area (Å²) in [6.07, 6.45) is 2.44. The van der Waals surface area contributed by atoms with Crippen LogP contribution in [-0.4, -0.2) is 50.6 Å². The third-order valence-electron chi connectivity index (χ3n) is 8.34. The fourth-order valence-corrected chi connectivity index (χ4v) is 8.51. The number of fused-ring (bicyclic) bond motifs is 2. The average Bonchev–Trinajstić information content (AvgIpc) is 3.71. The quantitative estimate of drug-likeness (QED) is 0.164. The Kier molecular flexibility index (Phi) is 6.76. The Morgan fingerprint density at radius 1 is 1.21 bits per heavy atom. The number of thiazole rings is 1. The van der Waals surface area contributed by atoms with E-state index in [4.69, 9.17) is 0 Å². The van der Waals surface area contributed by atoms with Gasteiger partial charge in [0, 0.05) is 21.8 Å². The molecule has 220 valence electrons. The van der Waals surface area contributed by atoms with Crippen LogP contribution in [0.3, 0.4) is 0 Å². The molecule has 0 N–H and O–H groups in total. The zero-order valence-corrected chi connectivity index (χ0v) is 24.3. The van der Waals surface area contributed by atoms with Crippen molar-refractivity contribution in [2.45, 2.75) is 49.2 Å². The summed E-state index contributed by atoms with van der Waals surface area (Å²) >= 11 is 0.331. The Morgan fingerprint density at radius 3 is 2.60 bits per heavy atom. The standard InChI is InChI=1S/C28H26F4N6O2S2/c1-16(42(3,40)26-34-15-37(2)36-26)17-4-5-19-10-22-18(13-35-38(22)21-8-6-20(29)7-9-21)12-27(19,11-17)24(39)25-33-14-23(41-25)28(30,31)32/h6-10,13-17H,3-5,11-12H2,1-2H3/t16-,17-,27+,42?/m0/s1. The third-order valence-corrected chi connectivity index (χ3v) is 11.8. The summed E-state index contributed by atoms with van der Waals surface area (Å²) in [5, 5.41) is 8.09. The van der Waals surface area contributed by atoms with Gasteiger partial charge in [-0.15, -0.1) is 16.4 Å². The predicted molar refractivity (Wildman–Crippen MR) is 150 cm³/mol. The van der Waals surface area contributed by atoms with Gasteiger partial charge in [-0.05, 0) is 73.4 Å². The minimum absolute atomic E-state index is 0.125. The van der Waals surface area contributed by atoms with Crippen LogP contribution in [0.15, 0.2) is 53.7 Å². The van der Waals surface area contributed by atoms with Crippen molar-refractivity contribution < 1.29 is 26.6 Å². The summed E-state index contributed by atoms with van der Waals surface area (Å²) in [5.41, 5.74) is 1.61. The van der Waals surface area contributed by atoms with Crippen molar-refractivity contribution in [1.29, 1.82) is 0 Å². The van der Waals surface area contributed by atoms with Crippen LogP contribution < -0.4 is 0 Å². The van der Waals surface area contributed by atoms with Crippen molar-refractivity contribution in [1.82, 2.24) is 29.5 Å². The number of benzene rings is 1. The average molecular weight is 619 g/mol. The van der Waals surface area contributed by atoms with E-state index in [1.807, 2.05) is 6.08 Å². The summed E-state index contributed by atoms with van der Waals surface area (Å²) in [6, 6.07) is 5.84. The first-order chi connectivity index (χ1) is 19.8. The van der Waals surface area contributed by atoms with Gasteiger partial charge < -0.3 is 0 Å². The van der Waals surface area contributed by atoms with Crippen LogP contribution in [0.4, 0.5) is 17.6 Å². The minimum Gasteiger partial charge on any atom is -0.290 e. The Labute approximate surface area is 243 Å². The first kappa shape index (κ1) is 28.5. The lowest BCUT2D eigenvalue weighted by molar-refractivity contribution is -0.134. The van der Waals surface area contributed by atoms with E-state index in [0.717, 1.165) is 16.8 Å². The van der Waals surface area contributed by atoms with E-state index in [2.05, 4.69) is 26.0 Å². The highest BCUT2D eigenvalue weighted by molar-refractivity contribution is 8.00. The van der Waals surface area contributed by atoms with Crippen LogP contribution in [-0.2, 0) is 29.2 Å².